The minimum Gasteiger partial charge on any atom is -0.310 e. The Balaban J connectivity index is 3.09. The van der Waals surface area contributed by atoms with Crippen LogP contribution in [0.2, 0.25) is 5.02 Å². The van der Waals surface area contributed by atoms with Crippen LogP contribution in [-0.2, 0) is 0 Å². The molecule has 1 nitrogen and oxygen atoms in total. The topological polar surface area (TPSA) is 12.0 Å². The van der Waals surface area contributed by atoms with Crippen molar-refractivity contribution >= 4 is 11.6 Å². The second-order valence-electron chi connectivity index (χ2n) is 5.66. The normalized spacial score (nSPS) is 13.7. The summed E-state index contributed by atoms with van der Waals surface area (Å²) in [6, 6.07) is 2.16. The Labute approximate surface area is 113 Å². The minimum absolute atomic E-state index is 0.0705. The molecule has 0 bridgehead atoms. The number of hydrogen-bond donors (Lipinski definition) is 1. The molecule has 0 fully saturated rings. The zero-order valence-corrected chi connectivity index (χ0v) is 12.0. The van der Waals surface area contributed by atoms with Gasteiger partial charge in [0.25, 0.3) is 0 Å². The molecule has 0 aliphatic rings. The Morgan fingerprint density at radius 1 is 1.22 bits per heavy atom. The molecule has 1 aromatic carbocycles. The summed E-state index contributed by atoms with van der Waals surface area (Å²) in [6.07, 6.45) is 0.797. The second kappa shape index (κ2) is 5.98. The van der Waals surface area contributed by atoms with Crippen LogP contribution < -0.4 is 5.32 Å². The fraction of sp³-hybridized carbons (Fsp3) is 0.571. The van der Waals surface area contributed by atoms with Gasteiger partial charge in [-0.05, 0) is 36.1 Å². The summed E-state index contributed by atoms with van der Waals surface area (Å²) < 4.78 is 26.4. The van der Waals surface area contributed by atoms with Gasteiger partial charge in [-0.25, -0.2) is 8.78 Å². The SMILES string of the molecule is CCNC(CC(C)(C)C)c1cc(F)c(F)cc1Cl. The Morgan fingerprint density at radius 2 is 1.78 bits per heavy atom. The van der Waals surface area contributed by atoms with Crippen LogP contribution >= 0.6 is 11.6 Å². The Hall–Kier alpha value is -0.670. The second-order valence-corrected chi connectivity index (χ2v) is 6.07. The first kappa shape index (κ1) is 15.4. The van der Waals surface area contributed by atoms with E-state index in [9.17, 15) is 8.78 Å². The molecule has 0 saturated heterocycles. The predicted octanol–water partition coefficient (Wildman–Crippen LogP) is 4.71. The van der Waals surface area contributed by atoms with E-state index in [4.69, 9.17) is 11.6 Å². The molecule has 1 aromatic rings. The lowest BCUT2D eigenvalue weighted by Crippen LogP contribution is -2.26. The van der Waals surface area contributed by atoms with Crippen molar-refractivity contribution in [2.45, 2.75) is 40.2 Å². The lowest BCUT2D eigenvalue weighted by atomic mass is 9.85. The van der Waals surface area contributed by atoms with Crippen molar-refractivity contribution in [2.75, 3.05) is 6.54 Å². The first-order valence-electron chi connectivity index (χ1n) is 6.12. The highest BCUT2D eigenvalue weighted by Gasteiger charge is 2.22. The maximum absolute atomic E-state index is 13.3. The molecule has 18 heavy (non-hydrogen) atoms. The third kappa shape index (κ3) is 4.21. The highest BCUT2D eigenvalue weighted by Crippen LogP contribution is 2.33. The van der Waals surface area contributed by atoms with Crippen LogP contribution in [0.5, 0.6) is 0 Å². The Morgan fingerprint density at radius 3 is 2.28 bits per heavy atom. The van der Waals surface area contributed by atoms with Crippen LogP contribution in [0.15, 0.2) is 12.1 Å². The zero-order chi connectivity index (χ0) is 13.9. The van der Waals surface area contributed by atoms with E-state index in [1.54, 1.807) is 0 Å². The van der Waals surface area contributed by atoms with Crippen molar-refractivity contribution in [1.82, 2.24) is 5.32 Å². The average molecular weight is 276 g/mol. The molecule has 0 spiro atoms. The number of nitrogens with one attached hydrogen (secondary N) is 1. The summed E-state index contributed by atoms with van der Waals surface area (Å²) in [7, 11) is 0. The van der Waals surface area contributed by atoms with Crippen LogP contribution in [0.1, 0.15) is 45.7 Å². The molecule has 0 amide bonds. The molecule has 102 valence electrons. The van der Waals surface area contributed by atoms with Crippen LogP contribution in [0.4, 0.5) is 8.78 Å². The average Bonchev–Trinajstić information content (AvgIpc) is 2.21. The zero-order valence-electron chi connectivity index (χ0n) is 11.3. The van der Waals surface area contributed by atoms with Gasteiger partial charge in [-0.3, -0.25) is 0 Å². The monoisotopic (exact) mass is 275 g/mol. The van der Waals surface area contributed by atoms with E-state index in [0.29, 0.717) is 5.56 Å². The van der Waals surface area contributed by atoms with Crippen molar-refractivity contribution in [3.63, 3.8) is 0 Å². The van der Waals surface area contributed by atoms with E-state index in [0.717, 1.165) is 19.0 Å². The summed E-state index contributed by atoms with van der Waals surface area (Å²) in [4.78, 5) is 0. The summed E-state index contributed by atoms with van der Waals surface area (Å²) in [5.74, 6) is -1.76. The molecule has 0 saturated carbocycles. The van der Waals surface area contributed by atoms with E-state index in [2.05, 4.69) is 26.1 Å². The number of hydrogen-bond acceptors (Lipinski definition) is 1. The Kier molecular flexibility index (Phi) is 5.11. The van der Waals surface area contributed by atoms with E-state index >= 15 is 0 Å². The van der Waals surface area contributed by atoms with Gasteiger partial charge in [0, 0.05) is 11.1 Å². The van der Waals surface area contributed by atoms with Gasteiger partial charge in [0.05, 0.1) is 0 Å². The van der Waals surface area contributed by atoms with Crippen LogP contribution in [-0.4, -0.2) is 6.54 Å². The molecule has 0 heterocycles. The highest BCUT2D eigenvalue weighted by molar-refractivity contribution is 6.31. The van der Waals surface area contributed by atoms with Gasteiger partial charge in [-0.1, -0.05) is 39.3 Å². The molecule has 0 aromatic heterocycles. The van der Waals surface area contributed by atoms with Gasteiger partial charge in [0.15, 0.2) is 11.6 Å². The molecule has 4 heteroatoms. The molecule has 1 N–H and O–H groups in total. The first-order chi connectivity index (χ1) is 8.24. The van der Waals surface area contributed by atoms with E-state index in [1.807, 2.05) is 6.92 Å². The van der Waals surface area contributed by atoms with Gasteiger partial charge < -0.3 is 5.32 Å². The van der Waals surface area contributed by atoms with Gasteiger partial charge in [0.1, 0.15) is 0 Å². The third-order valence-electron chi connectivity index (χ3n) is 2.68. The molecule has 1 atom stereocenters. The Bertz CT molecular complexity index is 413. The third-order valence-corrected chi connectivity index (χ3v) is 3.01. The van der Waals surface area contributed by atoms with Gasteiger partial charge in [-0.15, -0.1) is 0 Å². The molecule has 0 aliphatic heterocycles. The minimum atomic E-state index is -0.908. The van der Waals surface area contributed by atoms with Crippen molar-refractivity contribution in [3.8, 4) is 0 Å². The number of rotatable bonds is 4. The van der Waals surface area contributed by atoms with E-state index in [1.165, 1.54) is 6.07 Å². The number of halogens is 3. The summed E-state index contributed by atoms with van der Waals surface area (Å²) in [5, 5.41) is 3.54. The van der Waals surface area contributed by atoms with Crippen LogP contribution in [0.3, 0.4) is 0 Å². The fourth-order valence-electron chi connectivity index (χ4n) is 1.96. The van der Waals surface area contributed by atoms with E-state index in [-0.39, 0.29) is 16.5 Å². The maximum Gasteiger partial charge on any atom is 0.160 e. The molecule has 0 aliphatic carbocycles. The molecular formula is C14H20ClF2N. The lowest BCUT2D eigenvalue weighted by molar-refractivity contribution is 0.313. The standard InChI is InChI=1S/C14H20ClF2N/c1-5-18-13(8-14(2,3)4)9-6-11(16)12(17)7-10(9)15/h6-7,13,18H,5,8H2,1-4H3. The van der Waals surface area contributed by atoms with Crippen LogP contribution in [0.25, 0.3) is 0 Å². The van der Waals surface area contributed by atoms with Crippen molar-refractivity contribution in [1.29, 1.82) is 0 Å². The molecule has 1 unspecified atom stereocenters. The van der Waals surface area contributed by atoms with Gasteiger partial charge >= 0.3 is 0 Å². The van der Waals surface area contributed by atoms with Crippen LogP contribution in [0, 0.1) is 17.0 Å². The first-order valence-corrected chi connectivity index (χ1v) is 6.50. The fourth-order valence-corrected chi connectivity index (χ4v) is 2.24. The van der Waals surface area contributed by atoms with E-state index < -0.39 is 11.6 Å². The summed E-state index contributed by atoms with van der Waals surface area (Å²) in [6.45, 7) is 9.03. The highest BCUT2D eigenvalue weighted by atomic mass is 35.5. The van der Waals surface area contributed by atoms with Crippen molar-refractivity contribution in [3.05, 3.63) is 34.4 Å². The molecule has 1 rings (SSSR count). The largest absolute Gasteiger partial charge is 0.310 e. The molecular weight excluding hydrogens is 256 g/mol. The van der Waals surface area contributed by atoms with Crippen molar-refractivity contribution in [2.24, 2.45) is 5.41 Å². The predicted molar refractivity (Wildman–Crippen MR) is 71.9 cm³/mol. The number of benzene rings is 1. The van der Waals surface area contributed by atoms with Gasteiger partial charge in [0.2, 0.25) is 0 Å². The summed E-state index contributed by atoms with van der Waals surface area (Å²) in [5.41, 5.74) is 0.688. The summed E-state index contributed by atoms with van der Waals surface area (Å²) >= 11 is 6.01. The maximum atomic E-state index is 13.3. The van der Waals surface area contributed by atoms with Crippen molar-refractivity contribution < 1.29 is 8.78 Å². The van der Waals surface area contributed by atoms with Gasteiger partial charge in [-0.2, -0.15) is 0 Å². The smallest absolute Gasteiger partial charge is 0.160 e. The molecule has 0 radical (unpaired) electrons. The lowest BCUT2D eigenvalue weighted by Gasteiger charge is -2.27. The quantitative estimate of drug-likeness (QED) is 0.785.